The molecule has 1 amide bonds. The first-order valence-corrected chi connectivity index (χ1v) is 11.2. The van der Waals surface area contributed by atoms with Crippen LogP contribution in [-0.4, -0.2) is 41.9 Å². The highest BCUT2D eigenvalue weighted by Crippen LogP contribution is 2.31. The monoisotopic (exact) mass is 505 g/mol. The zero-order valence-corrected chi connectivity index (χ0v) is 19.5. The quantitative estimate of drug-likeness (QED) is 0.235. The second kappa shape index (κ2) is 9.87. The third-order valence-corrected chi connectivity index (χ3v) is 5.98. The predicted octanol–water partition coefficient (Wildman–Crippen LogP) is 6.18. The molecule has 1 saturated heterocycles. The van der Waals surface area contributed by atoms with Gasteiger partial charge in [-0.05, 0) is 42.5 Å². The minimum atomic E-state index is -0.481. The van der Waals surface area contributed by atoms with Crippen molar-refractivity contribution in [2.24, 2.45) is 0 Å². The highest BCUT2D eigenvalue weighted by molar-refractivity contribution is 6.35. The second-order valence-corrected chi connectivity index (χ2v) is 8.68. The maximum atomic E-state index is 12.6. The van der Waals surface area contributed by atoms with Crippen LogP contribution in [0, 0.1) is 10.1 Å². The highest BCUT2D eigenvalue weighted by atomic mass is 35.5. The van der Waals surface area contributed by atoms with Crippen molar-refractivity contribution in [2.45, 2.75) is 0 Å². The standard InChI is InChI=1S/C23H18Cl3N3O4/c24-16-11-15(12-17(25)13-16)22-5-2-19(33-22)3-6-23(30)28-9-7-27(8-10-28)21-4-1-18(29(31)32)14-20(21)26/h1-6,11-14H,7-10H2/b6-3+. The van der Waals surface area contributed by atoms with Crippen molar-refractivity contribution in [3.05, 3.63) is 85.5 Å². The molecule has 170 valence electrons. The van der Waals surface area contributed by atoms with Gasteiger partial charge < -0.3 is 14.2 Å². The molecule has 0 radical (unpaired) electrons. The van der Waals surface area contributed by atoms with E-state index in [9.17, 15) is 14.9 Å². The number of nitrogens with zero attached hydrogens (tertiary/aromatic N) is 3. The van der Waals surface area contributed by atoms with Gasteiger partial charge in [-0.2, -0.15) is 0 Å². The van der Waals surface area contributed by atoms with Crippen LogP contribution in [0.3, 0.4) is 0 Å². The number of nitro benzene ring substituents is 1. The summed E-state index contributed by atoms with van der Waals surface area (Å²) in [4.78, 5) is 26.8. The normalized spacial score (nSPS) is 14.2. The lowest BCUT2D eigenvalue weighted by Crippen LogP contribution is -2.48. The van der Waals surface area contributed by atoms with Crippen LogP contribution in [0.2, 0.25) is 15.1 Å². The second-order valence-electron chi connectivity index (χ2n) is 7.40. The Hall–Kier alpha value is -3.00. The number of furan rings is 1. The fourth-order valence-corrected chi connectivity index (χ4v) is 4.41. The number of halogens is 3. The Balaban J connectivity index is 1.36. The van der Waals surface area contributed by atoms with Crippen molar-refractivity contribution in [1.82, 2.24) is 4.90 Å². The summed E-state index contributed by atoms with van der Waals surface area (Å²) in [6.07, 6.45) is 3.10. The number of hydrogen-bond donors (Lipinski definition) is 0. The third-order valence-electron chi connectivity index (χ3n) is 5.24. The van der Waals surface area contributed by atoms with Gasteiger partial charge in [-0.15, -0.1) is 0 Å². The molecule has 1 aliphatic rings. The lowest BCUT2D eigenvalue weighted by atomic mass is 10.2. The van der Waals surface area contributed by atoms with E-state index in [-0.39, 0.29) is 11.6 Å². The third kappa shape index (κ3) is 5.50. The summed E-state index contributed by atoms with van der Waals surface area (Å²) in [5.41, 5.74) is 1.41. The topological polar surface area (TPSA) is 79.8 Å². The molecule has 0 aliphatic carbocycles. The number of hydrogen-bond acceptors (Lipinski definition) is 5. The van der Waals surface area contributed by atoms with Gasteiger partial charge in [0.2, 0.25) is 5.91 Å². The zero-order chi connectivity index (χ0) is 23.5. The largest absolute Gasteiger partial charge is 0.457 e. The summed E-state index contributed by atoms with van der Waals surface area (Å²) in [6.45, 7) is 2.14. The van der Waals surface area contributed by atoms with Crippen LogP contribution in [0.1, 0.15) is 5.76 Å². The molecule has 10 heteroatoms. The molecule has 1 aromatic heterocycles. The molecule has 1 aliphatic heterocycles. The fraction of sp³-hybridized carbons (Fsp3) is 0.174. The number of benzene rings is 2. The van der Waals surface area contributed by atoms with Gasteiger partial charge >= 0.3 is 0 Å². The van der Waals surface area contributed by atoms with Crippen molar-refractivity contribution in [3.8, 4) is 11.3 Å². The van der Waals surface area contributed by atoms with E-state index in [1.165, 1.54) is 18.2 Å². The van der Waals surface area contributed by atoms with Gasteiger partial charge in [0, 0.05) is 60.0 Å². The maximum absolute atomic E-state index is 12.6. The maximum Gasteiger partial charge on any atom is 0.271 e. The van der Waals surface area contributed by atoms with Crippen LogP contribution >= 0.6 is 34.8 Å². The minimum absolute atomic E-state index is 0.0535. The highest BCUT2D eigenvalue weighted by Gasteiger charge is 2.22. The van der Waals surface area contributed by atoms with Crippen LogP contribution in [0.15, 0.2) is 59.0 Å². The Bertz CT molecular complexity index is 1210. The molecule has 2 aromatic carbocycles. The Kier molecular flexibility index (Phi) is 6.93. The van der Waals surface area contributed by atoms with E-state index in [0.29, 0.717) is 58.5 Å². The summed E-state index contributed by atoms with van der Waals surface area (Å²) < 4.78 is 5.79. The van der Waals surface area contributed by atoms with Crippen LogP contribution in [0.5, 0.6) is 0 Å². The van der Waals surface area contributed by atoms with Crippen molar-refractivity contribution in [3.63, 3.8) is 0 Å². The lowest BCUT2D eigenvalue weighted by molar-refractivity contribution is -0.384. The van der Waals surface area contributed by atoms with E-state index >= 15 is 0 Å². The average Bonchev–Trinajstić information content (AvgIpc) is 3.26. The molecule has 1 fully saturated rings. The van der Waals surface area contributed by atoms with E-state index in [1.54, 1.807) is 47.4 Å². The SMILES string of the molecule is O=C(/C=C/c1ccc(-c2cc(Cl)cc(Cl)c2)o1)N1CCN(c2ccc([N+](=O)[O-])cc2Cl)CC1. The predicted molar refractivity (Wildman–Crippen MR) is 130 cm³/mol. The molecule has 0 spiro atoms. The summed E-state index contributed by atoms with van der Waals surface area (Å²) >= 11 is 18.3. The number of carbonyl (C=O) groups excluding carboxylic acids is 1. The van der Waals surface area contributed by atoms with Gasteiger partial charge in [-0.3, -0.25) is 14.9 Å². The number of anilines is 1. The van der Waals surface area contributed by atoms with Gasteiger partial charge in [0.05, 0.1) is 15.6 Å². The molecular formula is C23H18Cl3N3O4. The smallest absolute Gasteiger partial charge is 0.271 e. The van der Waals surface area contributed by atoms with E-state index in [0.717, 1.165) is 5.56 Å². The molecule has 2 heterocycles. The van der Waals surface area contributed by atoms with Crippen LogP contribution in [0.4, 0.5) is 11.4 Å². The molecular weight excluding hydrogens is 489 g/mol. The zero-order valence-electron chi connectivity index (χ0n) is 17.2. The van der Waals surface area contributed by atoms with Gasteiger partial charge in [0.1, 0.15) is 11.5 Å². The van der Waals surface area contributed by atoms with Crippen molar-refractivity contribution >= 4 is 58.2 Å². The Morgan fingerprint density at radius 1 is 0.970 bits per heavy atom. The Morgan fingerprint density at radius 2 is 1.67 bits per heavy atom. The number of amides is 1. The number of piperazine rings is 1. The van der Waals surface area contributed by atoms with Gasteiger partial charge in [0.15, 0.2) is 0 Å². The van der Waals surface area contributed by atoms with Crippen molar-refractivity contribution in [1.29, 1.82) is 0 Å². The first-order valence-electron chi connectivity index (χ1n) is 10.0. The van der Waals surface area contributed by atoms with E-state index in [1.807, 2.05) is 4.90 Å². The molecule has 0 bridgehead atoms. The number of rotatable bonds is 5. The molecule has 0 saturated carbocycles. The van der Waals surface area contributed by atoms with E-state index in [2.05, 4.69) is 0 Å². The molecule has 0 atom stereocenters. The summed E-state index contributed by atoms with van der Waals surface area (Å²) in [5, 5.41) is 12.2. The first kappa shape index (κ1) is 23.2. The van der Waals surface area contributed by atoms with Crippen molar-refractivity contribution < 1.29 is 14.1 Å². The Morgan fingerprint density at radius 3 is 2.30 bits per heavy atom. The first-order chi connectivity index (χ1) is 15.8. The van der Waals surface area contributed by atoms with Gasteiger partial charge in [0.25, 0.3) is 5.69 Å². The van der Waals surface area contributed by atoms with Crippen LogP contribution < -0.4 is 4.90 Å². The number of nitro groups is 1. The lowest BCUT2D eigenvalue weighted by Gasteiger charge is -2.36. The van der Waals surface area contributed by atoms with E-state index in [4.69, 9.17) is 39.2 Å². The van der Waals surface area contributed by atoms with Gasteiger partial charge in [-0.1, -0.05) is 34.8 Å². The molecule has 0 unspecified atom stereocenters. The number of non-ortho nitro benzene ring substituents is 1. The molecule has 7 nitrogen and oxygen atoms in total. The van der Waals surface area contributed by atoms with Crippen LogP contribution in [-0.2, 0) is 4.79 Å². The Labute approximate surface area is 204 Å². The summed E-state index contributed by atoms with van der Waals surface area (Å²) in [6, 6.07) is 13.1. The fourth-order valence-electron chi connectivity index (χ4n) is 3.59. The van der Waals surface area contributed by atoms with Crippen molar-refractivity contribution in [2.75, 3.05) is 31.1 Å². The molecule has 4 rings (SSSR count). The minimum Gasteiger partial charge on any atom is -0.457 e. The van der Waals surface area contributed by atoms with E-state index < -0.39 is 4.92 Å². The average molecular weight is 507 g/mol. The molecule has 3 aromatic rings. The summed E-state index contributed by atoms with van der Waals surface area (Å²) in [7, 11) is 0. The summed E-state index contributed by atoms with van der Waals surface area (Å²) in [5.74, 6) is 0.999. The molecule has 33 heavy (non-hydrogen) atoms. The van der Waals surface area contributed by atoms with Gasteiger partial charge in [-0.25, -0.2) is 0 Å². The number of carbonyl (C=O) groups is 1. The van der Waals surface area contributed by atoms with Crippen LogP contribution in [0.25, 0.3) is 17.4 Å². The molecule has 0 N–H and O–H groups in total.